The van der Waals surface area contributed by atoms with Gasteiger partial charge in [0.1, 0.15) is 5.75 Å². The summed E-state index contributed by atoms with van der Waals surface area (Å²) in [7, 11) is 0. The molecule has 0 bridgehead atoms. The molecule has 3 rings (SSSR count). The Hall–Kier alpha value is -2.55. The van der Waals surface area contributed by atoms with Crippen molar-refractivity contribution in [1.82, 2.24) is 0 Å². The molecule has 1 aliphatic rings. The van der Waals surface area contributed by atoms with Gasteiger partial charge in [-0.05, 0) is 17.7 Å². The van der Waals surface area contributed by atoms with Crippen LogP contribution >= 0.6 is 0 Å². The van der Waals surface area contributed by atoms with Crippen molar-refractivity contribution in [3.05, 3.63) is 77.6 Å². The standard InChI is InChI=1S/C16H12O3/c17-10-13-15(18)12-8-4-5-9-14(12)19-16(13)11-6-2-1-3-7-11/h1-10,16-17H/b13-10-/t16-/m0/s1. The molecule has 0 aromatic heterocycles. The van der Waals surface area contributed by atoms with E-state index in [1.165, 1.54) is 0 Å². The fraction of sp³-hybridized carbons (Fsp3) is 0.0625. The van der Waals surface area contributed by atoms with Crippen molar-refractivity contribution in [2.24, 2.45) is 0 Å². The third-order valence-electron chi connectivity index (χ3n) is 3.16. The lowest BCUT2D eigenvalue weighted by molar-refractivity contribution is 0.0955. The minimum Gasteiger partial charge on any atom is -0.515 e. The Labute approximate surface area is 110 Å². The molecule has 1 atom stereocenters. The number of aliphatic hydroxyl groups is 1. The van der Waals surface area contributed by atoms with E-state index in [9.17, 15) is 9.90 Å². The second kappa shape index (κ2) is 4.61. The van der Waals surface area contributed by atoms with Crippen LogP contribution in [0.1, 0.15) is 22.0 Å². The molecule has 0 fully saturated rings. The minimum atomic E-state index is -0.561. The van der Waals surface area contributed by atoms with Gasteiger partial charge in [0.15, 0.2) is 11.9 Å². The lowest BCUT2D eigenvalue weighted by atomic mass is 9.92. The molecule has 1 heterocycles. The lowest BCUT2D eigenvalue weighted by Crippen LogP contribution is -2.23. The summed E-state index contributed by atoms with van der Waals surface area (Å²) < 4.78 is 5.84. The molecule has 0 spiro atoms. The summed E-state index contributed by atoms with van der Waals surface area (Å²) in [5.74, 6) is 0.352. The first-order chi connectivity index (χ1) is 9.31. The van der Waals surface area contributed by atoms with Gasteiger partial charge >= 0.3 is 0 Å². The average molecular weight is 252 g/mol. The zero-order chi connectivity index (χ0) is 13.2. The van der Waals surface area contributed by atoms with E-state index in [1.807, 2.05) is 36.4 Å². The first-order valence-corrected chi connectivity index (χ1v) is 6.01. The number of hydrogen-bond donors (Lipinski definition) is 1. The quantitative estimate of drug-likeness (QED) is 0.624. The maximum Gasteiger partial charge on any atom is 0.199 e. The molecule has 0 saturated heterocycles. The maximum absolute atomic E-state index is 12.3. The topological polar surface area (TPSA) is 46.5 Å². The smallest absolute Gasteiger partial charge is 0.199 e. The van der Waals surface area contributed by atoms with Crippen LogP contribution in [0, 0.1) is 0 Å². The molecule has 0 saturated carbocycles. The fourth-order valence-corrected chi connectivity index (χ4v) is 2.22. The molecule has 94 valence electrons. The predicted molar refractivity (Wildman–Crippen MR) is 71.3 cm³/mol. The summed E-state index contributed by atoms with van der Waals surface area (Å²) in [6.45, 7) is 0. The predicted octanol–water partition coefficient (Wildman–Crippen LogP) is 3.44. The third kappa shape index (κ3) is 1.89. The van der Waals surface area contributed by atoms with Crippen molar-refractivity contribution in [2.45, 2.75) is 6.10 Å². The Balaban J connectivity index is 2.11. The van der Waals surface area contributed by atoms with Gasteiger partial charge in [0.2, 0.25) is 0 Å². The van der Waals surface area contributed by atoms with Gasteiger partial charge in [-0.2, -0.15) is 0 Å². The Bertz CT molecular complexity index is 644. The Morgan fingerprint density at radius 1 is 1.00 bits per heavy atom. The zero-order valence-corrected chi connectivity index (χ0v) is 10.1. The fourth-order valence-electron chi connectivity index (χ4n) is 2.22. The number of aliphatic hydroxyl groups excluding tert-OH is 1. The normalized spacial score (nSPS) is 19.9. The van der Waals surface area contributed by atoms with Crippen LogP contribution in [0.2, 0.25) is 0 Å². The van der Waals surface area contributed by atoms with Crippen molar-refractivity contribution in [1.29, 1.82) is 0 Å². The van der Waals surface area contributed by atoms with E-state index < -0.39 is 6.10 Å². The highest BCUT2D eigenvalue weighted by Gasteiger charge is 2.32. The van der Waals surface area contributed by atoms with Gasteiger partial charge in [-0.3, -0.25) is 4.79 Å². The van der Waals surface area contributed by atoms with E-state index in [-0.39, 0.29) is 11.4 Å². The van der Waals surface area contributed by atoms with E-state index in [0.717, 1.165) is 11.8 Å². The van der Waals surface area contributed by atoms with E-state index in [2.05, 4.69) is 0 Å². The molecule has 1 aliphatic heterocycles. The van der Waals surface area contributed by atoms with Crippen LogP contribution < -0.4 is 4.74 Å². The molecule has 19 heavy (non-hydrogen) atoms. The summed E-state index contributed by atoms with van der Waals surface area (Å²) in [6, 6.07) is 16.4. The van der Waals surface area contributed by atoms with Crippen molar-refractivity contribution in [2.75, 3.05) is 0 Å². The highest BCUT2D eigenvalue weighted by Crippen LogP contribution is 2.37. The SMILES string of the molecule is O=C1/C(=C/O)[C@H](c2ccccc2)Oc2ccccc21. The van der Waals surface area contributed by atoms with Crippen molar-refractivity contribution in [3.63, 3.8) is 0 Å². The summed E-state index contributed by atoms with van der Waals surface area (Å²) in [4.78, 5) is 12.3. The zero-order valence-electron chi connectivity index (χ0n) is 10.1. The molecule has 2 aromatic rings. The summed E-state index contributed by atoms with van der Waals surface area (Å²) in [5.41, 5.74) is 1.57. The lowest BCUT2D eigenvalue weighted by Gasteiger charge is -2.27. The monoisotopic (exact) mass is 252 g/mol. The van der Waals surface area contributed by atoms with Gasteiger partial charge in [0, 0.05) is 0 Å². The van der Waals surface area contributed by atoms with E-state index >= 15 is 0 Å². The highest BCUT2D eigenvalue weighted by atomic mass is 16.5. The van der Waals surface area contributed by atoms with Crippen LogP contribution in [0.4, 0.5) is 0 Å². The summed E-state index contributed by atoms with van der Waals surface area (Å²) in [5, 5.41) is 9.36. The molecular weight excluding hydrogens is 240 g/mol. The minimum absolute atomic E-state index is 0.196. The molecule has 2 aromatic carbocycles. The molecule has 0 amide bonds. The molecule has 0 unspecified atom stereocenters. The van der Waals surface area contributed by atoms with Gasteiger partial charge in [-0.1, -0.05) is 42.5 Å². The van der Waals surface area contributed by atoms with Crippen LogP contribution in [-0.2, 0) is 0 Å². The summed E-state index contributed by atoms with van der Waals surface area (Å²) in [6.07, 6.45) is 0.282. The maximum atomic E-state index is 12.3. The number of ether oxygens (including phenoxy) is 1. The number of fused-ring (bicyclic) bond motifs is 1. The van der Waals surface area contributed by atoms with Gasteiger partial charge in [-0.25, -0.2) is 0 Å². The molecular formula is C16H12O3. The largest absolute Gasteiger partial charge is 0.515 e. The van der Waals surface area contributed by atoms with Gasteiger partial charge in [0.25, 0.3) is 0 Å². The van der Waals surface area contributed by atoms with Crippen molar-refractivity contribution < 1.29 is 14.6 Å². The van der Waals surface area contributed by atoms with E-state index in [4.69, 9.17) is 4.74 Å². The number of para-hydroxylation sites is 1. The number of benzene rings is 2. The first kappa shape index (κ1) is 11.5. The Morgan fingerprint density at radius 2 is 1.68 bits per heavy atom. The summed E-state index contributed by atoms with van der Waals surface area (Å²) >= 11 is 0. The first-order valence-electron chi connectivity index (χ1n) is 6.01. The van der Waals surface area contributed by atoms with Crippen LogP contribution in [0.25, 0.3) is 0 Å². The van der Waals surface area contributed by atoms with Gasteiger partial charge in [-0.15, -0.1) is 0 Å². The van der Waals surface area contributed by atoms with Crippen LogP contribution in [0.3, 0.4) is 0 Å². The molecule has 3 heteroatoms. The molecule has 3 nitrogen and oxygen atoms in total. The van der Waals surface area contributed by atoms with Crippen LogP contribution in [-0.4, -0.2) is 10.9 Å². The number of Topliss-reactive ketones (excluding diaryl/α,β-unsaturated/α-hetero) is 1. The van der Waals surface area contributed by atoms with Crippen LogP contribution in [0.5, 0.6) is 5.75 Å². The second-order valence-electron chi connectivity index (χ2n) is 4.32. The van der Waals surface area contributed by atoms with Crippen molar-refractivity contribution in [3.8, 4) is 5.75 Å². The van der Waals surface area contributed by atoms with E-state index in [0.29, 0.717) is 11.3 Å². The molecule has 1 N–H and O–H groups in total. The van der Waals surface area contributed by atoms with E-state index in [1.54, 1.807) is 18.2 Å². The molecule has 0 radical (unpaired) electrons. The Kier molecular flexibility index (Phi) is 2.80. The van der Waals surface area contributed by atoms with Crippen LogP contribution in [0.15, 0.2) is 66.4 Å². The van der Waals surface area contributed by atoms with Gasteiger partial charge < -0.3 is 9.84 Å². The highest BCUT2D eigenvalue weighted by molar-refractivity contribution is 6.12. The molecule has 0 aliphatic carbocycles. The second-order valence-corrected chi connectivity index (χ2v) is 4.32. The average Bonchev–Trinajstić information content (AvgIpc) is 2.48. The number of ketones is 1. The number of carbonyl (C=O) groups is 1. The number of carbonyl (C=O) groups excluding carboxylic acids is 1. The number of hydrogen-bond acceptors (Lipinski definition) is 3. The Morgan fingerprint density at radius 3 is 2.42 bits per heavy atom. The van der Waals surface area contributed by atoms with Gasteiger partial charge in [0.05, 0.1) is 17.4 Å². The third-order valence-corrected chi connectivity index (χ3v) is 3.16. The number of rotatable bonds is 1. The van der Waals surface area contributed by atoms with Crippen molar-refractivity contribution >= 4 is 5.78 Å².